The highest BCUT2D eigenvalue weighted by Gasteiger charge is 2.32. The minimum absolute atomic E-state index is 0.0654. The summed E-state index contributed by atoms with van der Waals surface area (Å²) in [5, 5.41) is 11.4. The van der Waals surface area contributed by atoms with Crippen molar-refractivity contribution in [2.24, 2.45) is 5.92 Å². The van der Waals surface area contributed by atoms with Crippen LogP contribution in [-0.4, -0.2) is 35.8 Å². The fraction of sp³-hybridized carbons (Fsp3) is 0.296. The normalized spacial score (nSPS) is 17.0. The zero-order valence-corrected chi connectivity index (χ0v) is 18.5. The molecule has 2 aliphatic rings. The van der Waals surface area contributed by atoms with E-state index in [4.69, 9.17) is 16.3 Å². The molecule has 1 aliphatic carbocycles. The van der Waals surface area contributed by atoms with Gasteiger partial charge in [-0.2, -0.15) is 0 Å². The third-order valence-electron chi connectivity index (χ3n) is 6.79. The Morgan fingerprint density at radius 2 is 1.50 bits per heavy atom. The number of amides is 1. The summed E-state index contributed by atoms with van der Waals surface area (Å²) < 4.78 is 5.78. The number of aliphatic hydroxyl groups is 1. The number of halogens is 1. The van der Waals surface area contributed by atoms with Crippen LogP contribution in [0.25, 0.3) is 11.1 Å². The topological polar surface area (TPSA) is 49.8 Å². The second-order valence-corrected chi connectivity index (χ2v) is 9.06. The zero-order valence-electron chi connectivity index (χ0n) is 17.8. The number of likely N-dealkylation sites (tertiary alicyclic amines) is 1. The lowest BCUT2D eigenvalue weighted by Crippen LogP contribution is -2.40. The molecule has 164 valence electrons. The first-order chi connectivity index (χ1) is 15.6. The van der Waals surface area contributed by atoms with Crippen molar-refractivity contribution in [3.8, 4) is 11.1 Å². The van der Waals surface area contributed by atoms with Gasteiger partial charge >= 0.3 is 6.09 Å². The Morgan fingerprint density at radius 1 is 0.938 bits per heavy atom. The van der Waals surface area contributed by atoms with E-state index in [1.165, 1.54) is 22.3 Å². The largest absolute Gasteiger partial charge is 0.448 e. The van der Waals surface area contributed by atoms with Crippen molar-refractivity contribution in [1.82, 2.24) is 4.90 Å². The molecule has 0 radical (unpaired) electrons. The van der Waals surface area contributed by atoms with Gasteiger partial charge in [-0.25, -0.2) is 4.79 Å². The molecule has 1 atom stereocenters. The molecule has 3 aromatic rings. The Labute approximate surface area is 193 Å². The highest BCUT2D eigenvalue weighted by atomic mass is 35.5. The quantitative estimate of drug-likeness (QED) is 0.530. The summed E-state index contributed by atoms with van der Waals surface area (Å²) in [7, 11) is 0. The first kappa shape index (κ1) is 21.0. The Hall–Kier alpha value is -2.82. The number of hydrogen-bond acceptors (Lipinski definition) is 3. The summed E-state index contributed by atoms with van der Waals surface area (Å²) in [5.41, 5.74) is 5.74. The Morgan fingerprint density at radius 3 is 2.09 bits per heavy atom. The van der Waals surface area contributed by atoms with E-state index in [0.717, 1.165) is 18.4 Å². The van der Waals surface area contributed by atoms with Crippen LogP contribution in [0.5, 0.6) is 0 Å². The van der Waals surface area contributed by atoms with Gasteiger partial charge in [-0.3, -0.25) is 0 Å². The third-order valence-corrected chi connectivity index (χ3v) is 7.04. The van der Waals surface area contributed by atoms with Crippen molar-refractivity contribution in [1.29, 1.82) is 0 Å². The monoisotopic (exact) mass is 447 g/mol. The van der Waals surface area contributed by atoms with Crippen molar-refractivity contribution >= 4 is 17.7 Å². The van der Waals surface area contributed by atoms with Crippen LogP contribution < -0.4 is 0 Å². The molecule has 1 N–H and O–H groups in total. The molecular formula is C27H26ClNO3. The Balaban J connectivity index is 1.19. The number of ether oxygens (including phenoxy) is 1. The van der Waals surface area contributed by atoms with Crippen LogP contribution in [0.1, 0.15) is 41.6 Å². The Kier molecular flexibility index (Phi) is 5.90. The smallest absolute Gasteiger partial charge is 0.409 e. The second-order valence-electron chi connectivity index (χ2n) is 8.62. The van der Waals surface area contributed by atoms with Crippen LogP contribution in [0.15, 0.2) is 72.8 Å². The lowest BCUT2D eigenvalue weighted by atomic mass is 9.87. The molecule has 1 fully saturated rings. The molecule has 0 saturated carbocycles. The van der Waals surface area contributed by atoms with Crippen molar-refractivity contribution in [2.45, 2.75) is 24.9 Å². The SMILES string of the molecule is O=C(OCC1c2ccccc2-c2ccccc21)N1CCC(C(O)c2ccc(Cl)cc2)CC1. The van der Waals surface area contributed by atoms with Gasteiger partial charge in [0.2, 0.25) is 0 Å². The predicted molar refractivity (Wildman–Crippen MR) is 126 cm³/mol. The fourth-order valence-corrected chi connectivity index (χ4v) is 5.14. The maximum Gasteiger partial charge on any atom is 0.409 e. The highest BCUT2D eigenvalue weighted by molar-refractivity contribution is 6.30. The molecule has 1 saturated heterocycles. The van der Waals surface area contributed by atoms with Gasteiger partial charge in [0, 0.05) is 24.0 Å². The number of hydrogen-bond donors (Lipinski definition) is 1. The van der Waals surface area contributed by atoms with E-state index in [1.54, 1.807) is 17.0 Å². The van der Waals surface area contributed by atoms with Crippen LogP contribution >= 0.6 is 11.6 Å². The van der Waals surface area contributed by atoms with Gasteiger partial charge in [0.05, 0.1) is 6.10 Å². The van der Waals surface area contributed by atoms with Gasteiger partial charge < -0.3 is 14.7 Å². The molecule has 1 unspecified atom stereocenters. The third kappa shape index (κ3) is 4.01. The molecule has 4 nitrogen and oxygen atoms in total. The maximum absolute atomic E-state index is 12.8. The molecular weight excluding hydrogens is 422 g/mol. The molecule has 1 aliphatic heterocycles. The first-order valence-corrected chi connectivity index (χ1v) is 11.5. The zero-order chi connectivity index (χ0) is 22.1. The molecule has 1 amide bonds. The molecule has 1 heterocycles. The average molecular weight is 448 g/mol. The minimum Gasteiger partial charge on any atom is -0.448 e. The standard InChI is InChI=1S/C27H26ClNO3/c28-20-11-9-18(10-12-20)26(30)19-13-15-29(16-14-19)27(31)32-17-25-23-7-3-1-5-21(23)22-6-2-4-8-24(22)25/h1-12,19,25-26,30H,13-17H2. The number of rotatable bonds is 4. The van der Waals surface area contributed by atoms with Gasteiger partial charge in [0.15, 0.2) is 0 Å². The van der Waals surface area contributed by atoms with Crippen LogP contribution in [0.4, 0.5) is 4.79 Å². The van der Waals surface area contributed by atoms with E-state index in [2.05, 4.69) is 24.3 Å². The van der Waals surface area contributed by atoms with E-state index >= 15 is 0 Å². The summed E-state index contributed by atoms with van der Waals surface area (Å²) in [6, 6.07) is 24.0. The molecule has 0 bridgehead atoms. The van der Waals surface area contributed by atoms with E-state index in [0.29, 0.717) is 24.7 Å². The van der Waals surface area contributed by atoms with E-state index in [9.17, 15) is 9.90 Å². The Bertz CT molecular complexity index is 1060. The number of nitrogens with zero attached hydrogens (tertiary/aromatic N) is 1. The van der Waals surface area contributed by atoms with Crippen molar-refractivity contribution in [3.63, 3.8) is 0 Å². The van der Waals surface area contributed by atoms with Gasteiger partial charge in [-0.15, -0.1) is 0 Å². The van der Waals surface area contributed by atoms with Crippen molar-refractivity contribution in [2.75, 3.05) is 19.7 Å². The van der Waals surface area contributed by atoms with E-state index in [-0.39, 0.29) is 17.9 Å². The molecule has 5 heteroatoms. The second kappa shape index (κ2) is 8.97. The van der Waals surface area contributed by atoms with Crippen LogP contribution in [0.2, 0.25) is 5.02 Å². The summed E-state index contributed by atoms with van der Waals surface area (Å²) in [5.74, 6) is 0.185. The molecule has 0 spiro atoms. The van der Waals surface area contributed by atoms with Gasteiger partial charge in [0.25, 0.3) is 0 Å². The van der Waals surface area contributed by atoms with Crippen LogP contribution in [0, 0.1) is 5.92 Å². The summed E-state index contributed by atoms with van der Waals surface area (Å²) in [4.78, 5) is 14.6. The molecule has 32 heavy (non-hydrogen) atoms. The number of carbonyl (C=O) groups is 1. The van der Waals surface area contributed by atoms with Crippen LogP contribution in [0.3, 0.4) is 0 Å². The number of fused-ring (bicyclic) bond motifs is 3. The minimum atomic E-state index is -0.545. The number of aliphatic hydroxyl groups excluding tert-OH is 1. The summed E-state index contributed by atoms with van der Waals surface area (Å²) in [6.07, 6.45) is 0.672. The molecule has 0 aromatic heterocycles. The van der Waals surface area contributed by atoms with Gasteiger partial charge in [-0.1, -0.05) is 72.3 Å². The lowest BCUT2D eigenvalue weighted by molar-refractivity contribution is 0.0464. The number of carbonyl (C=O) groups excluding carboxylic acids is 1. The van der Waals surface area contributed by atoms with E-state index in [1.807, 2.05) is 36.4 Å². The van der Waals surface area contributed by atoms with Crippen molar-refractivity contribution in [3.05, 3.63) is 94.5 Å². The average Bonchev–Trinajstić information content (AvgIpc) is 3.16. The van der Waals surface area contributed by atoms with Gasteiger partial charge in [-0.05, 0) is 58.7 Å². The molecule has 3 aromatic carbocycles. The summed E-state index contributed by atoms with van der Waals surface area (Å²) in [6.45, 7) is 1.51. The number of piperidine rings is 1. The predicted octanol–water partition coefficient (Wildman–Crippen LogP) is 6.03. The molecule has 5 rings (SSSR count). The van der Waals surface area contributed by atoms with E-state index < -0.39 is 6.10 Å². The summed E-state index contributed by atoms with van der Waals surface area (Å²) >= 11 is 5.95. The number of benzene rings is 3. The van der Waals surface area contributed by atoms with Crippen molar-refractivity contribution < 1.29 is 14.6 Å². The van der Waals surface area contributed by atoms with Gasteiger partial charge in [0.1, 0.15) is 6.61 Å². The fourth-order valence-electron chi connectivity index (χ4n) is 5.02. The first-order valence-electron chi connectivity index (χ1n) is 11.2. The van der Waals surface area contributed by atoms with Crippen LogP contribution in [-0.2, 0) is 4.74 Å². The highest BCUT2D eigenvalue weighted by Crippen LogP contribution is 2.44. The maximum atomic E-state index is 12.8. The lowest BCUT2D eigenvalue weighted by Gasteiger charge is -2.34.